The quantitative estimate of drug-likeness (QED) is 0.915. The Labute approximate surface area is 102 Å². The normalized spacial score (nSPS) is 10.6. The van der Waals surface area contributed by atoms with E-state index in [0.717, 1.165) is 29.0 Å². The molecule has 2 rings (SSSR count). The smallest absolute Gasteiger partial charge is 0.158 e. The minimum Gasteiger partial charge on any atom is -0.319 e. The zero-order chi connectivity index (χ0) is 11.4. The molecule has 0 bridgehead atoms. The maximum absolute atomic E-state index is 4.01. The number of hydrogen-bond donors (Lipinski definition) is 1. The number of para-hydroxylation sites is 1. The Bertz CT molecular complexity index is 468. The van der Waals surface area contributed by atoms with Crippen LogP contribution < -0.4 is 5.32 Å². The van der Waals surface area contributed by atoms with Gasteiger partial charge in [0.25, 0.3) is 0 Å². The van der Waals surface area contributed by atoms with Gasteiger partial charge in [-0.3, -0.25) is 0 Å². The molecule has 0 unspecified atom stereocenters. The highest BCUT2D eigenvalue weighted by atomic mass is 79.9. The van der Waals surface area contributed by atoms with Crippen LogP contribution in [-0.4, -0.2) is 33.8 Å². The van der Waals surface area contributed by atoms with Crippen molar-refractivity contribution in [3.05, 3.63) is 34.6 Å². The molecule has 1 heterocycles. The molecule has 0 saturated heterocycles. The molecule has 0 fully saturated rings. The summed E-state index contributed by atoms with van der Waals surface area (Å²) in [5, 5.41) is 14.8. The lowest BCUT2D eigenvalue weighted by molar-refractivity contribution is 0.715. The minimum atomic E-state index is 0.796. The highest BCUT2D eigenvalue weighted by Gasteiger charge is 2.09. The van der Waals surface area contributed by atoms with Crippen molar-refractivity contribution in [1.82, 2.24) is 25.5 Å². The van der Waals surface area contributed by atoms with Crippen molar-refractivity contribution in [3.63, 3.8) is 0 Å². The van der Waals surface area contributed by atoms with Crippen molar-refractivity contribution >= 4 is 15.9 Å². The molecular formula is C10H12BrN5. The van der Waals surface area contributed by atoms with Crippen molar-refractivity contribution in [2.45, 2.75) is 6.42 Å². The van der Waals surface area contributed by atoms with Gasteiger partial charge in [-0.1, -0.05) is 12.1 Å². The fraction of sp³-hybridized carbons (Fsp3) is 0.300. The number of nitrogens with one attached hydrogen (secondary N) is 1. The molecule has 0 aliphatic carbocycles. The number of halogens is 1. The molecule has 0 spiro atoms. The highest BCUT2D eigenvalue weighted by molar-refractivity contribution is 9.10. The number of hydrogen-bond acceptors (Lipinski definition) is 4. The fourth-order valence-corrected chi connectivity index (χ4v) is 1.86. The van der Waals surface area contributed by atoms with Gasteiger partial charge in [0.15, 0.2) is 5.82 Å². The molecule has 6 heteroatoms. The lowest BCUT2D eigenvalue weighted by Crippen LogP contribution is -2.14. The number of benzene rings is 1. The van der Waals surface area contributed by atoms with Crippen LogP contribution >= 0.6 is 15.9 Å². The van der Waals surface area contributed by atoms with E-state index < -0.39 is 0 Å². The predicted molar refractivity (Wildman–Crippen MR) is 64.5 cm³/mol. The molecule has 0 atom stereocenters. The molecule has 0 saturated carbocycles. The van der Waals surface area contributed by atoms with Crippen LogP contribution in [0.1, 0.15) is 5.82 Å². The maximum atomic E-state index is 4.01. The standard InChI is InChI=1S/C10H12BrN5/c1-12-7-6-10-13-14-15-16(10)9-5-3-2-4-8(9)11/h2-5,12H,6-7H2,1H3. The molecule has 0 radical (unpaired) electrons. The minimum absolute atomic E-state index is 0.796. The van der Waals surface area contributed by atoms with Crippen LogP contribution in [0.5, 0.6) is 0 Å². The average Bonchev–Trinajstić information content (AvgIpc) is 2.75. The van der Waals surface area contributed by atoms with Crippen molar-refractivity contribution < 1.29 is 0 Å². The molecular weight excluding hydrogens is 270 g/mol. The van der Waals surface area contributed by atoms with E-state index in [1.54, 1.807) is 4.68 Å². The number of aromatic nitrogens is 4. The lowest BCUT2D eigenvalue weighted by atomic mass is 10.3. The van der Waals surface area contributed by atoms with Gasteiger partial charge in [-0.05, 0) is 45.5 Å². The summed E-state index contributed by atoms with van der Waals surface area (Å²) in [6.07, 6.45) is 0.796. The van der Waals surface area contributed by atoms with Gasteiger partial charge in [-0.2, -0.15) is 4.68 Å². The van der Waals surface area contributed by atoms with Crippen LogP contribution in [0.3, 0.4) is 0 Å². The van der Waals surface area contributed by atoms with Gasteiger partial charge in [-0.25, -0.2) is 0 Å². The third kappa shape index (κ3) is 2.28. The Morgan fingerprint density at radius 3 is 2.94 bits per heavy atom. The predicted octanol–water partition coefficient (Wildman–Crippen LogP) is 1.19. The Morgan fingerprint density at radius 2 is 2.19 bits per heavy atom. The number of rotatable bonds is 4. The molecule has 84 valence electrons. The van der Waals surface area contributed by atoms with Gasteiger partial charge >= 0.3 is 0 Å². The van der Waals surface area contributed by atoms with Crippen LogP contribution in [0.2, 0.25) is 0 Å². The summed E-state index contributed by atoms with van der Waals surface area (Å²) in [7, 11) is 1.91. The molecule has 0 aliphatic heterocycles. The molecule has 0 aliphatic rings. The summed E-state index contributed by atoms with van der Waals surface area (Å²) in [5.41, 5.74) is 0.957. The van der Waals surface area contributed by atoms with Crippen molar-refractivity contribution in [3.8, 4) is 5.69 Å². The number of tetrazole rings is 1. The van der Waals surface area contributed by atoms with Gasteiger partial charge in [-0.15, -0.1) is 5.10 Å². The zero-order valence-corrected chi connectivity index (χ0v) is 10.5. The Balaban J connectivity index is 2.33. The van der Waals surface area contributed by atoms with Crippen LogP contribution in [0.15, 0.2) is 28.7 Å². The van der Waals surface area contributed by atoms with E-state index in [-0.39, 0.29) is 0 Å². The topological polar surface area (TPSA) is 55.6 Å². The summed E-state index contributed by atoms with van der Waals surface area (Å²) in [5.74, 6) is 0.848. The first kappa shape index (κ1) is 11.2. The SMILES string of the molecule is CNCCc1nnnn1-c1ccccc1Br. The molecule has 2 aromatic rings. The van der Waals surface area contributed by atoms with E-state index in [0.29, 0.717) is 0 Å². The van der Waals surface area contributed by atoms with Gasteiger partial charge in [0.05, 0.1) is 5.69 Å². The zero-order valence-electron chi connectivity index (χ0n) is 8.89. The monoisotopic (exact) mass is 281 g/mol. The Kier molecular flexibility index (Phi) is 3.63. The summed E-state index contributed by atoms with van der Waals surface area (Å²) in [6, 6.07) is 7.87. The van der Waals surface area contributed by atoms with E-state index in [9.17, 15) is 0 Å². The summed E-state index contributed by atoms with van der Waals surface area (Å²) >= 11 is 3.49. The van der Waals surface area contributed by atoms with E-state index in [4.69, 9.17) is 0 Å². The first-order chi connectivity index (χ1) is 7.83. The summed E-state index contributed by atoms with van der Waals surface area (Å²) < 4.78 is 2.73. The second-order valence-corrected chi connectivity index (χ2v) is 4.17. The number of nitrogens with zero attached hydrogens (tertiary/aromatic N) is 4. The van der Waals surface area contributed by atoms with Gasteiger partial charge in [0.2, 0.25) is 0 Å². The van der Waals surface area contributed by atoms with Gasteiger partial charge in [0.1, 0.15) is 0 Å². The van der Waals surface area contributed by atoms with Gasteiger partial charge < -0.3 is 5.32 Å². The van der Waals surface area contributed by atoms with Crippen molar-refractivity contribution in [1.29, 1.82) is 0 Å². The second kappa shape index (κ2) is 5.18. The molecule has 16 heavy (non-hydrogen) atoms. The average molecular weight is 282 g/mol. The largest absolute Gasteiger partial charge is 0.319 e. The highest BCUT2D eigenvalue weighted by Crippen LogP contribution is 2.20. The van der Waals surface area contributed by atoms with Gasteiger partial charge in [0, 0.05) is 17.4 Å². The second-order valence-electron chi connectivity index (χ2n) is 3.31. The molecule has 1 N–H and O–H groups in total. The molecule has 5 nitrogen and oxygen atoms in total. The summed E-state index contributed by atoms with van der Waals surface area (Å²) in [6.45, 7) is 0.852. The first-order valence-electron chi connectivity index (χ1n) is 4.99. The summed E-state index contributed by atoms with van der Waals surface area (Å²) in [4.78, 5) is 0. The van der Waals surface area contributed by atoms with E-state index >= 15 is 0 Å². The van der Waals surface area contributed by atoms with Crippen molar-refractivity contribution in [2.75, 3.05) is 13.6 Å². The fourth-order valence-electron chi connectivity index (χ4n) is 1.41. The van der Waals surface area contributed by atoms with Crippen LogP contribution in [0, 0.1) is 0 Å². The third-order valence-electron chi connectivity index (χ3n) is 2.21. The third-order valence-corrected chi connectivity index (χ3v) is 2.88. The Hall–Kier alpha value is -1.27. The van der Waals surface area contributed by atoms with E-state index in [1.165, 1.54) is 0 Å². The van der Waals surface area contributed by atoms with E-state index in [2.05, 4.69) is 36.8 Å². The Morgan fingerprint density at radius 1 is 1.38 bits per heavy atom. The first-order valence-corrected chi connectivity index (χ1v) is 5.79. The number of likely N-dealkylation sites (N-methyl/N-ethyl adjacent to an activating group) is 1. The molecule has 1 aromatic carbocycles. The van der Waals surface area contributed by atoms with Crippen molar-refractivity contribution in [2.24, 2.45) is 0 Å². The van der Waals surface area contributed by atoms with Crippen LogP contribution in [-0.2, 0) is 6.42 Å². The van der Waals surface area contributed by atoms with E-state index in [1.807, 2.05) is 31.3 Å². The maximum Gasteiger partial charge on any atom is 0.158 e. The molecule has 0 amide bonds. The van der Waals surface area contributed by atoms with Crippen LogP contribution in [0.4, 0.5) is 0 Å². The molecule has 1 aromatic heterocycles. The van der Waals surface area contributed by atoms with Crippen LogP contribution in [0.25, 0.3) is 5.69 Å². The lowest BCUT2D eigenvalue weighted by Gasteiger charge is -2.05.